The Kier molecular flexibility index (Phi) is 14.9. The fourth-order valence-corrected chi connectivity index (χ4v) is 6.23. The van der Waals surface area contributed by atoms with Crippen molar-refractivity contribution in [3.8, 4) is 23.0 Å². The van der Waals surface area contributed by atoms with Crippen LogP contribution < -0.4 is 18.9 Å². The van der Waals surface area contributed by atoms with E-state index < -0.39 is 14.8 Å². The summed E-state index contributed by atoms with van der Waals surface area (Å²) in [6.45, 7) is 4.58. The van der Waals surface area contributed by atoms with Crippen molar-refractivity contribution < 1.29 is 36.5 Å². The van der Waals surface area contributed by atoms with Crippen molar-refractivity contribution in [3.63, 3.8) is 0 Å². The second-order valence-corrected chi connectivity index (χ2v) is 12.9. The van der Waals surface area contributed by atoms with Crippen molar-refractivity contribution in [1.82, 2.24) is 9.97 Å². The summed E-state index contributed by atoms with van der Waals surface area (Å²) in [5.74, 6) is 2.63. The molecule has 13 heteroatoms. The molecule has 0 unspecified atom stereocenters. The number of aliphatic hydroxyl groups excluding tert-OH is 1. The predicted octanol–water partition coefficient (Wildman–Crippen LogP) is 8.47. The van der Waals surface area contributed by atoms with E-state index in [1.165, 1.54) is 0 Å². The number of carbonyl (C=O) groups is 1. The van der Waals surface area contributed by atoms with E-state index in [9.17, 15) is 9.90 Å². The van der Waals surface area contributed by atoms with E-state index in [2.05, 4.69) is 41.8 Å². The summed E-state index contributed by atoms with van der Waals surface area (Å²) in [4.78, 5) is 20.3. The third kappa shape index (κ3) is 10.3. The van der Waals surface area contributed by atoms with Gasteiger partial charge in [0, 0.05) is 10.8 Å². The standard InChI is InChI=1S/C19H18BrNO3.C19H16BrNO3.O2Se/c2*1-12-3-8-16-15(9-12)18(20)19(17(10-22)21-16)24-11-13-4-6-14(23-2)7-5-13;1-3-2/h3-9,22H,10-11H2,1-2H3;3-10H,11H2,1-2H3;. The van der Waals surface area contributed by atoms with Crippen LogP contribution in [-0.4, -0.2) is 50.4 Å². The number of benzene rings is 4. The number of fused-ring (bicyclic) bond motifs is 2. The molecule has 2 aromatic heterocycles. The van der Waals surface area contributed by atoms with Gasteiger partial charge in [0.25, 0.3) is 0 Å². The predicted molar refractivity (Wildman–Crippen MR) is 201 cm³/mol. The van der Waals surface area contributed by atoms with Gasteiger partial charge >= 0.3 is 22.5 Å². The third-order valence-electron chi connectivity index (χ3n) is 7.51. The Bertz CT molecular complexity index is 2160. The number of nitrogens with zero attached hydrogens (tertiary/aromatic N) is 2. The van der Waals surface area contributed by atoms with Crippen LogP contribution in [-0.2, 0) is 27.5 Å². The van der Waals surface area contributed by atoms with Crippen molar-refractivity contribution in [2.45, 2.75) is 33.7 Å². The summed E-state index contributed by atoms with van der Waals surface area (Å²) in [6, 6.07) is 27.1. The summed E-state index contributed by atoms with van der Waals surface area (Å²) in [6.07, 6.45) is 0.716. The number of hydrogen-bond donors (Lipinski definition) is 1. The molecule has 264 valence electrons. The summed E-state index contributed by atoms with van der Waals surface area (Å²) in [7, 11) is 3.26. The molecule has 0 aliphatic heterocycles. The molecule has 1 N–H and O–H groups in total. The Morgan fingerprint density at radius 3 is 1.55 bits per heavy atom. The molecule has 0 atom stereocenters. The minimum absolute atomic E-state index is 0.180. The summed E-state index contributed by atoms with van der Waals surface area (Å²) in [5, 5.41) is 11.5. The first-order chi connectivity index (χ1) is 24.6. The molecule has 0 saturated heterocycles. The number of halogens is 2. The second kappa shape index (κ2) is 19.3. The molecule has 4 aromatic carbocycles. The molecule has 0 amide bonds. The first-order valence-corrected chi connectivity index (χ1v) is 18.3. The van der Waals surface area contributed by atoms with Gasteiger partial charge in [0.05, 0.1) is 40.8 Å². The number of hydrogen-bond acceptors (Lipinski definition) is 10. The van der Waals surface area contributed by atoms with Crippen molar-refractivity contribution in [3.05, 3.63) is 128 Å². The zero-order valence-electron chi connectivity index (χ0n) is 28.1. The molecule has 6 aromatic rings. The van der Waals surface area contributed by atoms with Crippen molar-refractivity contribution in [2.75, 3.05) is 14.2 Å². The molecule has 0 saturated carbocycles. The molecule has 0 aliphatic rings. The normalized spacial score (nSPS) is 10.3. The van der Waals surface area contributed by atoms with Crippen molar-refractivity contribution in [2.24, 2.45) is 0 Å². The minimum atomic E-state index is -1.62. The van der Waals surface area contributed by atoms with Gasteiger partial charge in [0.1, 0.15) is 36.1 Å². The SMILES string of the molecule is COc1ccc(COc2c(C=O)nc3ccc(C)cc3c2Br)cc1.COc1ccc(COc2c(CO)nc3ccc(C)cc3c2Br)cc1.O=[Se]=O. The summed E-state index contributed by atoms with van der Waals surface area (Å²) >= 11 is 5.54. The van der Waals surface area contributed by atoms with Gasteiger partial charge < -0.3 is 24.1 Å². The average molecular weight is 885 g/mol. The van der Waals surface area contributed by atoms with Gasteiger partial charge in [-0.05, 0) is 105 Å². The number of aromatic nitrogens is 2. The Hall–Kier alpha value is -4.39. The number of aryl methyl sites for hydroxylation is 2. The van der Waals surface area contributed by atoms with E-state index >= 15 is 0 Å². The zero-order chi connectivity index (χ0) is 36.9. The number of carbonyl (C=O) groups excluding carboxylic acids is 1. The molecule has 0 bridgehead atoms. The van der Waals surface area contributed by atoms with Gasteiger partial charge in [-0.2, -0.15) is 0 Å². The Morgan fingerprint density at radius 1 is 0.686 bits per heavy atom. The molecule has 0 fully saturated rings. The first-order valence-electron chi connectivity index (χ1n) is 15.3. The van der Waals surface area contributed by atoms with E-state index in [-0.39, 0.29) is 12.3 Å². The van der Waals surface area contributed by atoms with Gasteiger partial charge in [0.2, 0.25) is 0 Å². The average Bonchev–Trinajstić information content (AvgIpc) is 3.15. The van der Waals surface area contributed by atoms with E-state index in [0.29, 0.717) is 36.7 Å². The van der Waals surface area contributed by atoms with Crippen LogP contribution in [0.1, 0.15) is 38.4 Å². The number of pyridine rings is 2. The second-order valence-electron chi connectivity index (χ2n) is 11.0. The number of aliphatic hydroxyl groups is 1. The number of aldehydes is 1. The molecule has 0 spiro atoms. The van der Waals surface area contributed by atoms with Crippen molar-refractivity contribution >= 4 is 74.8 Å². The van der Waals surface area contributed by atoms with E-state index in [1.807, 2.05) is 98.8 Å². The zero-order valence-corrected chi connectivity index (χ0v) is 33.0. The fourth-order valence-electron chi connectivity index (χ4n) is 4.93. The molecule has 10 nitrogen and oxygen atoms in total. The Labute approximate surface area is 318 Å². The maximum atomic E-state index is 11.4. The molecule has 51 heavy (non-hydrogen) atoms. The number of rotatable bonds is 10. The van der Waals surface area contributed by atoms with Crippen LogP contribution in [0.15, 0.2) is 93.9 Å². The van der Waals surface area contributed by atoms with Gasteiger partial charge in [-0.3, -0.25) is 4.79 Å². The Balaban J connectivity index is 0.000000212. The summed E-state index contributed by atoms with van der Waals surface area (Å²) < 4.78 is 40.6. The van der Waals surface area contributed by atoms with Crippen LogP contribution in [0, 0.1) is 13.8 Å². The van der Waals surface area contributed by atoms with Crippen LogP contribution in [0.3, 0.4) is 0 Å². The van der Waals surface area contributed by atoms with E-state index in [0.717, 1.165) is 64.5 Å². The summed E-state index contributed by atoms with van der Waals surface area (Å²) in [5.41, 5.74) is 6.63. The molecule has 2 heterocycles. The fraction of sp³-hybridized carbons (Fsp3) is 0.184. The van der Waals surface area contributed by atoms with Crippen LogP contribution in [0.5, 0.6) is 23.0 Å². The molecule has 0 radical (unpaired) electrons. The Morgan fingerprint density at radius 2 is 1.12 bits per heavy atom. The van der Waals surface area contributed by atoms with Crippen LogP contribution in [0.2, 0.25) is 0 Å². The third-order valence-corrected chi connectivity index (χ3v) is 9.09. The molecule has 6 rings (SSSR count). The van der Waals surface area contributed by atoms with Gasteiger partial charge in [0.15, 0.2) is 17.8 Å². The van der Waals surface area contributed by atoms with E-state index in [1.54, 1.807) is 14.2 Å². The van der Waals surface area contributed by atoms with E-state index in [4.69, 9.17) is 26.6 Å². The van der Waals surface area contributed by atoms with Crippen LogP contribution in [0.25, 0.3) is 21.8 Å². The topological polar surface area (TPSA) is 134 Å². The monoisotopic (exact) mass is 884 g/mol. The maximum absolute atomic E-state index is 11.4. The molecule has 0 aliphatic carbocycles. The van der Waals surface area contributed by atoms with Crippen LogP contribution >= 0.6 is 31.9 Å². The van der Waals surface area contributed by atoms with Gasteiger partial charge in [-0.15, -0.1) is 0 Å². The van der Waals surface area contributed by atoms with Crippen LogP contribution in [0.4, 0.5) is 0 Å². The molecular weight excluding hydrogens is 851 g/mol. The van der Waals surface area contributed by atoms with Gasteiger partial charge in [-0.1, -0.05) is 47.5 Å². The number of ether oxygens (including phenoxy) is 4. The first kappa shape index (κ1) is 39.4. The quantitative estimate of drug-likeness (QED) is 0.106. The van der Waals surface area contributed by atoms with Crippen molar-refractivity contribution in [1.29, 1.82) is 0 Å². The van der Waals surface area contributed by atoms with Gasteiger partial charge in [-0.25, -0.2) is 9.97 Å². The molecular formula is C38H34Br2N2O8Se. The number of methoxy groups -OCH3 is 2.